The number of unbranched alkanes of at least 4 members (excludes halogenated alkanes) is 3. The number of hydrogen-bond donors (Lipinski definition) is 1. The quantitative estimate of drug-likeness (QED) is 0.334. The molecule has 8 heteroatoms. The van der Waals surface area contributed by atoms with Crippen molar-refractivity contribution in [2.24, 2.45) is 11.8 Å². The molecule has 2 amide bonds. The second kappa shape index (κ2) is 9.95. The molecule has 0 radical (unpaired) electrons. The summed E-state index contributed by atoms with van der Waals surface area (Å²) >= 11 is 1.58. The Balaban J connectivity index is 1.59. The first kappa shape index (κ1) is 26.0. The SMILES string of the molecule is Cc1cccc(C)c1N1CC=C[C@]23S[C@]4(C)C=CCOC(=O)[C@@H]4[C@H]2C(=O)N(CCCCCCO)C3C1=O. The smallest absolute Gasteiger partial charge is 0.311 e. The topological polar surface area (TPSA) is 87.2 Å². The minimum Gasteiger partial charge on any atom is -0.461 e. The van der Waals surface area contributed by atoms with Gasteiger partial charge in [0.1, 0.15) is 12.6 Å². The van der Waals surface area contributed by atoms with Gasteiger partial charge in [-0.3, -0.25) is 14.4 Å². The van der Waals surface area contributed by atoms with Crippen molar-refractivity contribution >= 4 is 35.2 Å². The Morgan fingerprint density at radius 1 is 1.00 bits per heavy atom. The number of aryl methyl sites for hydroxylation is 2. The molecule has 1 unspecified atom stereocenters. The number of aliphatic hydroxyl groups is 1. The molecule has 4 aliphatic heterocycles. The molecule has 4 aliphatic rings. The fourth-order valence-corrected chi connectivity index (χ4v) is 8.93. The number of amides is 2. The number of thioether (sulfide) groups is 1. The van der Waals surface area contributed by atoms with Crippen LogP contribution in [0, 0.1) is 25.7 Å². The van der Waals surface area contributed by atoms with E-state index in [0.717, 1.165) is 42.5 Å². The van der Waals surface area contributed by atoms with Crippen LogP contribution in [0.25, 0.3) is 0 Å². The summed E-state index contributed by atoms with van der Waals surface area (Å²) in [6.07, 6.45) is 11.1. The third-order valence-electron chi connectivity index (χ3n) is 8.33. The van der Waals surface area contributed by atoms with Gasteiger partial charge in [-0.25, -0.2) is 0 Å². The first-order valence-electron chi connectivity index (χ1n) is 13.3. The van der Waals surface area contributed by atoms with Gasteiger partial charge < -0.3 is 19.6 Å². The molecule has 1 aromatic rings. The Hall–Kier alpha value is -2.58. The van der Waals surface area contributed by atoms with E-state index < -0.39 is 27.4 Å². The van der Waals surface area contributed by atoms with Gasteiger partial charge in [0.25, 0.3) is 5.91 Å². The van der Waals surface area contributed by atoms with E-state index in [2.05, 4.69) is 0 Å². The fraction of sp³-hybridized carbons (Fsp3) is 0.552. The number of cyclic esters (lactones) is 1. The number of aliphatic hydroxyl groups excluding tert-OH is 1. The van der Waals surface area contributed by atoms with E-state index >= 15 is 0 Å². The normalized spacial score (nSPS) is 32.6. The number of nitrogens with zero attached hydrogens (tertiary/aromatic N) is 2. The third kappa shape index (κ3) is 4.13. The number of para-hydroxylation sites is 1. The van der Waals surface area contributed by atoms with Crippen LogP contribution in [0.1, 0.15) is 43.7 Å². The van der Waals surface area contributed by atoms with Crippen molar-refractivity contribution in [1.82, 2.24) is 4.90 Å². The van der Waals surface area contributed by atoms with Crippen LogP contribution >= 0.6 is 11.8 Å². The molecule has 0 bridgehead atoms. The lowest BCUT2D eigenvalue weighted by molar-refractivity contribution is -0.152. The minimum absolute atomic E-state index is 0.0986. The van der Waals surface area contributed by atoms with E-state index in [1.165, 1.54) is 0 Å². The average Bonchev–Trinajstić information content (AvgIpc) is 3.10. The zero-order valence-electron chi connectivity index (χ0n) is 21.8. The Labute approximate surface area is 222 Å². The van der Waals surface area contributed by atoms with Crippen LogP contribution in [-0.2, 0) is 19.1 Å². The van der Waals surface area contributed by atoms with Crippen molar-refractivity contribution in [3.8, 4) is 0 Å². The largest absolute Gasteiger partial charge is 0.461 e. The van der Waals surface area contributed by atoms with Crippen molar-refractivity contribution in [3.63, 3.8) is 0 Å². The maximum atomic E-state index is 14.5. The number of esters is 1. The van der Waals surface area contributed by atoms with Gasteiger partial charge in [0.15, 0.2) is 0 Å². The van der Waals surface area contributed by atoms with E-state index in [1.807, 2.05) is 68.2 Å². The number of likely N-dealkylation sites (tertiary alicyclic amines) is 1. The maximum absolute atomic E-state index is 14.5. The first-order valence-corrected chi connectivity index (χ1v) is 14.1. The fourth-order valence-electron chi connectivity index (χ4n) is 6.77. The predicted octanol–water partition coefficient (Wildman–Crippen LogP) is 3.56. The molecule has 2 fully saturated rings. The summed E-state index contributed by atoms with van der Waals surface area (Å²) in [5, 5.41) is 9.14. The number of hydrogen-bond acceptors (Lipinski definition) is 6. The molecule has 4 heterocycles. The zero-order valence-corrected chi connectivity index (χ0v) is 22.6. The summed E-state index contributed by atoms with van der Waals surface area (Å²) in [5.41, 5.74) is 2.91. The zero-order chi connectivity index (χ0) is 26.4. The lowest BCUT2D eigenvalue weighted by Gasteiger charge is -2.37. The molecular weight excluding hydrogens is 488 g/mol. The summed E-state index contributed by atoms with van der Waals surface area (Å²) in [6.45, 7) is 7.22. The molecule has 0 saturated carbocycles. The lowest BCUT2D eigenvalue weighted by Crippen LogP contribution is -2.53. The third-order valence-corrected chi connectivity index (χ3v) is 10.1. The van der Waals surface area contributed by atoms with E-state index in [0.29, 0.717) is 13.1 Å². The van der Waals surface area contributed by atoms with Crippen LogP contribution in [-0.4, -0.2) is 69.6 Å². The molecule has 1 aromatic carbocycles. The summed E-state index contributed by atoms with van der Waals surface area (Å²) in [6, 6.07) is 5.29. The second-order valence-electron chi connectivity index (χ2n) is 10.8. The van der Waals surface area contributed by atoms with Gasteiger partial charge in [-0.2, -0.15) is 0 Å². The summed E-state index contributed by atoms with van der Waals surface area (Å²) in [5.74, 6) is -1.93. The van der Waals surface area contributed by atoms with Gasteiger partial charge in [-0.15, -0.1) is 11.8 Å². The number of rotatable bonds is 7. The number of anilines is 1. The number of carbonyl (C=O) groups excluding carboxylic acids is 3. The highest BCUT2D eigenvalue weighted by molar-refractivity contribution is 8.02. The van der Waals surface area contributed by atoms with Gasteiger partial charge in [-0.1, -0.05) is 49.3 Å². The summed E-state index contributed by atoms with van der Waals surface area (Å²) in [7, 11) is 0. The second-order valence-corrected chi connectivity index (χ2v) is 12.6. The monoisotopic (exact) mass is 524 g/mol. The molecule has 198 valence electrons. The molecule has 0 aliphatic carbocycles. The predicted molar refractivity (Wildman–Crippen MR) is 144 cm³/mol. The van der Waals surface area contributed by atoms with Crippen LogP contribution in [0.3, 0.4) is 0 Å². The Morgan fingerprint density at radius 3 is 2.46 bits per heavy atom. The number of fused-ring (bicyclic) bond motifs is 2. The van der Waals surface area contributed by atoms with E-state index in [1.54, 1.807) is 16.7 Å². The molecule has 37 heavy (non-hydrogen) atoms. The lowest BCUT2D eigenvalue weighted by atomic mass is 9.75. The summed E-state index contributed by atoms with van der Waals surface area (Å²) < 4.78 is 4.01. The van der Waals surface area contributed by atoms with Crippen molar-refractivity contribution in [1.29, 1.82) is 0 Å². The summed E-state index contributed by atoms with van der Waals surface area (Å²) in [4.78, 5) is 45.5. The van der Waals surface area contributed by atoms with Gasteiger partial charge in [0, 0.05) is 30.1 Å². The molecule has 5 rings (SSSR count). The highest BCUT2D eigenvalue weighted by Crippen LogP contribution is 2.65. The van der Waals surface area contributed by atoms with Gasteiger partial charge >= 0.3 is 5.97 Å². The van der Waals surface area contributed by atoms with Crippen LogP contribution in [0.2, 0.25) is 0 Å². The van der Waals surface area contributed by atoms with Crippen LogP contribution in [0.5, 0.6) is 0 Å². The van der Waals surface area contributed by atoms with Crippen molar-refractivity contribution < 1.29 is 24.2 Å². The molecule has 2 saturated heterocycles. The highest BCUT2D eigenvalue weighted by Gasteiger charge is 2.74. The molecule has 0 aromatic heterocycles. The Kier molecular flexibility index (Phi) is 7.00. The van der Waals surface area contributed by atoms with Crippen LogP contribution in [0.4, 0.5) is 5.69 Å². The number of carbonyl (C=O) groups is 3. The maximum Gasteiger partial charge on any atom is 0.311 e. The molecular formula is C29H36N2O5S. The van der Waals surface area contributed by atoms with Crippen molar-refractivity contribution in [2.45, 2.75) is 62.0 Å². The van der Waals surface area contributed by atoms with Gasteiger partial charge in [0.05, 0.1) is 16.6 Å². The molecule has 7 nitrogen and oxygen atoms in total. The van der Waals surface area contributed by atoms with Crippen LogP contribution < -0.4 is 4.90 Å². The van der Waals surface area contributed by atoms with Crippen LogP contribution in [0.15, 0.2) is 42.5 Å². The standard InChI is InChI=1S/C29H36N2O5S/c1-19-11-8-12-20(2)23(19)30-16-9-14-29-21(22-27(35)36-18-10-13-28(22,3)37-29)25(33)31(24(29)26(30)34)15-6-4-5-7-17-32/h8-14,21-22,24,32H,4-7,15-18H2,1-3H3/t21-,22-,24?,28+,29-/m0/s1. The molecule has 1 spiro atoms. The average molecular weight is 525 g/mol. The highest BCUT2D eigenvalue weighted by atomic mass is 32.2. The molecule has 5 atom stereocenters. The van der Waals surface area contributed by atoms with Crippen molar-refractivity contribution in [3.05, 3.63) is 53.6 Å². The van der Waals surface area contributed by atoms with Crippen molar-refractivity contribution in [2.75, 3.05) is 31.2 Å². The Bertz CT molecular complexity index is 1140. The number of ether oxygens (including phenoxy) is 1. The van der Waals surface area contributed by atoms with E-state index in [9.17, 15) is 14.4 Å². The van der Waals surface area contributed by atoms with Gasteiger partial charge in [0.2, 0.25) is 5.91 Å². The van der Waals surface area contributed by atoms with E-state index in [-0.39, 0.29) is 31.0 Å². The molecule has 1 N–H and O–H groups in total. The number of benzene rings is 1. The first-order chi connectivity index (χ1) is 17.7. The Morgan fingerprint density at radius 2 is 1.73 bits per heavy atom. The van der Waals surface area contributed by atoms with E-state index in [4.69, 9.17) is 9.84 Å². The van der Waals surface area contributed by atoms with Gasteiger partial charge in [-0.05, 0) is 50.8 Å². The minimum atomic E-state index is -0.856.